The molecule has 0 N–H and O–H groups in total. The summed E-state index contributed by atoms with van der Waals surface area (Å²) in [6.07, 6.45) is 9.01. The van der Waals surface area contributed by atoms with Gasteiger partial charge in [-0.3, -0.25) is 14.5 Å². The van der Waals surface area contributed by atoms with E-state index < -0.39 is 0 Å². The van der Waals surface area contributed by atoms with Crippen molar-refractivity contribution in [2.24, 2.45) is 0 Å². The number of nitrogens with zero attached hydrogens (tertiary/aromatic N) is 5. The van der Waals surface area contributed by atoms with Gasteiger partial charge in [-0.15, -0.1) is 11.3 Å². The molecule has 3 aromatic heterocycles. The zero-order valence-corrected chi connectivity index (χ0v) is 16.4. The molecule has 27 heavy (non-hydrogen) atoms. The summed E-state index contributed by atoms with van der Waals surface area (Å²) in [5.74, 6) is 0.505. The van der Waals surface area contributed by atoms with Crippen LogP contribution in [-0.2, 0) is 0 Å². The van der Waals surface area contributed by atoms with Gasteiger partial charge in [-0.1, -0.05) is 0 Å². The fraction of sp³-hybridized carbons (Fsp3) is 0.400. The van der Waals surface area contributed by atoms with Gasteiger partial charge >= 0.3 is 0 Å². The Labute approximate surface area is 162 Å². The van der Waals surface area contributed by atoms with E-state index in [2.05, 4.69) is 29.3 Å². The molecule has 0 aromatic carbocycles. The highest BCUT2D eigenvalue weighted by molar-refractivity contribution is 7.10. The molecule has 7 heteroatoms. The van der Waals surface area contributed by atoms with Crippen molar-refractivity contribution in [3.05, 3.63) is 52.9 Å². The topological polar surface area (TPSA) is 63.9 Å². The molecule has 140 valence electrons. The first kappa shape index (κ1) is 17.9. The number of carbonyl (C=O) groups excluding carboxylic acids is 1. The van der Waals surface area contributed by atoms with Crippen molar-refractivity contribution in [3.8, 4) is 11.3 Å². The lowest BCUT2D eigenvalue weighted by molar-refractivity contribution is 0.0713. The van der Waals surface area contributed by atoms with E-state index in [1.807, 2.05) is 27.9 Å². The Morgan fingerprint density at radius 2 is 1.96 bits per heavy atom. The first-order valence-electron chi connectivity index (χ1n) is 9.31. The average Bonchev–Trinajstić information content (AvgIpc) is 3.38. The SMILES string of the molecule is CC(C)n1cc(C(=O)N2CCC(c3nc(-c4ccncc4)cs3)CC2)cn1. The molecule has 0 spiro atoms. The lowest BCUT2D eigenvalue weighted by Gasteiger charge is -2.30. The van der Waals surface area contributed by atoms with Crippen molar-refractivity contribution in [1.29, 1.82) is 0 Å². The predicted octanol–water partition coefficient (Wildman–Crippen LogP) is 4.00. The number of hydrogen-bond donors (Lipinski definition) is 0. The third-order valence-electron chi connectivity index (χ3n) is 5.01. The summed E-state index contributed by atoms with van der Waals surface area (Å²) >= 11 is 1.72. The lowest BCUT2D eigenvalue weighted by atomic mass is 9.97. The molecule has 6 nitrogen and oxygen atoms in total. The molecular formula is C20H23N5OS. The average molecular weight is 382 g/mol. The number of hydrogen-bond acceptors (Lipinski definition) is 5. The highest BCUT2D eigenvalue weighted by Gasteiger charge is 2.27. The maximum Gasteiger partial charge on any atom is 0.257 e. The van der Waals surface area contributed by atoms with Gasteiger partial charge in [0.1, 0.15) is 0 Å². The van der Waals surface area contributed by atoms with Crippen molar-refractivity contribution in [1.82, 2.24) is 24.6 Å². The molecular weight excluding hydrogens is 358 g/mol. The number of piperidine rings is 1. The van der Waals surface area contributed by atoms with Crippen LogP contribution in [0, 0.1) is 0 Å². The number of carbonyl (C=O) groups is 1. The molecule has 1 fully saturated rings. The second kappa shape index (κ2) is 7.60. The summed E-state index contributed by atoms with van der Waals surface area (Å²) < 4.78 is 1.83. The first-order chi connectivity index (χ1) is 13.1. The molecule has 0 saturated carbocycles. The van der Waals surface area contributed by atoms with Gasteiger partial charge in [-0.2, -0.15) is 5.10 Å². The Bertz CT molecular complexity index is 909. The van der Waals surface area contributed by atoms with Gasteiger partial charge in [0.2, 0.25) is 0 Å². The normalized spacial score (nSPS) is 15.4. The van der Waals surface area contributed by atoms with Crippen LogP contribution in [0.2, 0.25) is 0 Å². The zero-order valence-electron chi connectivity index (χ0n) is 15.6. The molecule has 0 unspecified atom stereocenters. The molecule has 1 aliphatic heterocycles. The number of rotatable bonds is 4. The third-order valence-corrected chi connectivity index (χ3v) is 6.01. The van der Waals surface area contributed by atoms with E-state index in [4.69, 9.17) is 4.98 Å². The van der Waals surface area contributed by atoms with Gasteiger partial charge < -0.3 is 4.90 Å². The maximum absolute atomic E-state index is 12.7. The standard InChI is InChI=1S/C20H23N5OS/c1-14(2)25-12-17(11-22-25)20(26)24-9-5-16(6-10-24)19-23-18(13-27-19)15-3-7-21-8-4-15/h3-4,7-8,11-14,16H,5-6,9-10H2,1-2H3. The monoisotopic (exact) mass is 381 g/mol. The molecule has 1 saturated heterocycles. The minimum atomic E-state index is 0.0805. The van der Waals surface area contributed by atoms with Crippen molar-refractivity contribution in [3.63, 3.8) is 0 Å². The van der Waals surface area contributed by atoms with E-state index in [1.165, 1.54) is 5.01 Å². The van der Waals surface area contributed by atoms with E-state index in [1.54, 1.807) is 29.9 Å². The molecule has 3 aromatic rings. The third kappa shape index (κ3) is 3.78. The minimum absolute atomic E-state index is 0.0805. The summed E-state index contributed by atoms with van der Waals surface area (Å²) in [6.45, 7) is 5.64. The smallest absolute Gasteiger partial charge is 0.257 e. The number of pyridine rings is 1. The second-order valence-corrected chi connectivity index (χ2v) is 8.07. The summed E-state index contributed by atoms with van der Waals surface area (Å²) in [4.78, 5) is 23.6. The second-order valence-electron chi connectivity index (χ2n) is 7.18. The number of amides is 1. The van der Waals surface area contributed by atoms with Crippen LogP contribution < -0.4 is 0 Å². The fourth-order valence-corrected chi connectivity index (χ4v) is 4.37. The van der Waals surface area contributed by atoms with Crippen LogP contribution in [0.1, 0.15) is 54.0 Å². The Morgan fingerprint density at radius 1 is 1.22 bits per heavy atom. The van der Waals surface area contributed by atoms with E-state index in [9.17, 15) is 4.79 Å². The van der Waals surface area contributed by atoms with E-state index in [0.29, 0.717) is 11.5 Å². The summed E-state index contributed by atoms with van der Waals surface area (Å²) in [7, 11) is 0. The van der Waals surface area contributed by atoms with Gasteiger partial charge in [-0.05, 0) is 38.8 Å². The van der Waals surface area contributed by atoms with Gasteiger partial charge in [0.05, 0.1) is 22.5 Å². The predicted molar refractivity (Wildman–Crippen MR) is 106 cm³/mol. The number of aromatic nitrogens is 4. The van der Waals surface area contributed by atoms with Crippen molar-refractivity contribution in [2.75, 3.05) is 13.1 Å². The van der Waals surface area contributed by atoms with Crippen LogP contribution in [0.25, 0.3) is 11.3 Å². The molecule has 0 bridgehead atoms. The Kier molecular flexibility index (Phi) is 5.03. The number of thiazole rings is 1. The molecule has 0 radical (unpaired) electrons. The van der Waals surface area contributed by atoms with Gasteiger partial charge in [0.25, 0.3) is 5.91 Å². The van der Waals surface area contributed by atoms with Crippen LogP contribution >= 0.6 is 11.3 Å². The van der Waals surface area contributed by atoms with Crippen molar-refractivity contribution >= 4 is 17.2 Å². The summed E-state index contributed by atoms with van der Waals surface area (Å²) in [5, 5.41) is 7.56. The maximum atomic E-state index is 12.7. The Balaban J connectivity index is 1.39. The van der Waals surface area contributed by atoms with Crippen LogP contribution in [0.4, 0.5) is 0 Å². The minimum Gasteiger partial charge on any atom is -0.339 e. The molecule has 0 atom stereocenters. The molecule has 4 heterocycles. The molecule has 4 rings (SSSR count). The Hall–Kier alpha value is -2.54. The van der Waals surface area contributed by atoms with E-state index in [-0.39, 0.29) is 11.9 Å². The van der Waals surface area contributed by atoms with E-state index in [0.717, 1.165) is 37.2 Å². The highest BCUT2D eigenvalue weighted by Crippen LogP contribution is 2.33. The van der Waals surface area contributed by atoms with Gasteiger partial charge in [-0.25, -0.2) is 4.98 Å². The zero-order chi connectivity index (χ0) is 18.8. The van der Waals surface area contributed by atoms with E-state index >= 15 is 0 Å². The van der Waals surface area contributed by atoms with Gasteiger partial charge in [0.15, 0.2) is 0 Å². The Morgan fingerprint density at radius 3 is 2.63 bits per heavy atom. The van der Waals surface area contributed by atoms with Gasteiger partial charge in [0, 0.05) is 54.6 Å². The van der Waals surface area contributed by atoms with Crippen LogP contribution in [0.3, 0.4) is 0 Å². The summed E-state index contributed by atoms with van der Waals surface area (Å²) in [6, 6.07) is 4.23. The molecule has 0 aliphatic carbocycles. The van der Waals surface area contributed by atoms with Crippen LogP contribution in [-0.4, -0.2) is 43.6 Å². The number of likely N-dealkylation sites (tertiary alicyclic amines) is 1. The quantitative estimate of drug-likeness (QED) is 0.685. The molecule has 1 aliphatic rings. The lowest BCUT2D eigenvalue weighted by Crippen LogP contribution is -2.37. The van der Waals surface area contributed by atoms with Crippen molar-refractivity contribution < 1.29 is 4.79 Å². The van der Waals surface area contributed by atoms with Crippen molar-refractivity contribution in [2.45, 2.75) is 38.6 Å². The van der Waals surface area contributed by atoms with Crippen LogP contribution in [0.5, 0.6) is 0 Å². The summed E-state index contributed by atoms with van der Waals surface area (Å²) in [5.41, 5.74) is 2.79. The largest absolute Gasteiger partial charge is 0.339 e. The molecule has 1 amide bonds. The first-order valence-corrected chi connectivity index (χ1v) is 10.2. The highest BCUT2D eigenvalue weighted by atomic mass is 32.1. The van der Waals surface area contributed by atoms with Crippen LogP contribution in [0.15, 0.2) is 42.3 Å². The fourth-order valence-electron chi connectivity index (χ4n) is 3.37.